The lowest BCUT2D eigenvalue weighted by atomic mass is 9.98. The monoisotopic (exact) mass is 294 g/mol. The van der Waals surface area contributed by atoms with Crippen molar-refractivity contribution in [2.24, 2.45) is 0 Å². The van der Waals surface area contributed by atoms with Crippen molar-refractivity contribution in [2.75, 3.05) is 12.0 Å². The van der Waals surface area contributed by atoms with E-state index in [-0.39, 0.29) is 0 Å². The van der Waals surface area contributed by atoms with Crippen molar-refractivity contribution in [3.8, 4) is 0 Å². The second-order valence-electron chi connectivity index (χ2n) is 6.45. The minimum absolute atomic E-state index is 0.309. The molecule has 0 aliphatic carbocycles. The Morgan fingerprint density at radius 1 is 0.882 bits per heavy atom. The van der Waals surface area contributed by atoms with E-state index in [9.17, 15) is 0 Å². The van der Waals surface area contributed by atoms with Crippen LogP contribution in [0.3, 0.4) is 0 Å². The Hall–Kier alpha value is 1.05. The van der Waals surface area contributed by atoms with Crippen molar-refractivity contribution in [1.29, 1.82) is 0 Å². The van der Waals surface area contributed by atoms with E-state index in [1.165, 1.54) is 5.75 Å². The van der Waals surface area contributed by atoms with Crippen LogP contribution >= 0.6 is 35.3 Å². The van der Waals surface area contributed by atoms with Crippen LogP contribution in [-0.2, 0) is 0 Å². The van der Waals surface area contributed by atoms with E-state index in [2.05, 4.69) is 85.2 Å². The fourth-order valence-electron chi connectivity index (χ4n) is 2.03. The molecule has 0 radical (unpaired) electrons. The first-order chi connectivity index (χ1) is 7.46. The third-order valence-corrected chi connectivity index (χ3v) is 7.75. The molecule has 0 N–H and O–H groups in total. The molecule has 0 aromatic rings. The van der Waals surface area contributed by atoms with E-state index in [1.54, 1.807) is 0 Å². The van der Waals surface area contributed by atoms with E-state index in [1.807, 2.05) is 11.8 Å². The minimum Gasteiger partial charge on any atom is -0.158 e. The van der Waals surface area contributed by atoms with E-state index >= 15 is 0 Å². The van der Waals surface area contributed by atoms with Crippen LogP contribution < -0.4 is 0 Å². The van der Waals surface area contributed by atoms with Crippen LogP contribution in [0.1, 0.15) is 55.4 Å². The fraction of sp³-hybridized carbons (Fsp3) is 1.00. The van der Waals surface area contributed by atoms with Gasteiger partial charge in [0.05, 0.1) is 0 Å². The Bertz CT molecular complexity index is 226. The van der Waals surface area contributed by atoms with Crippen LogP contribution in [0.2, 0.25) is 0 Å². The topological polar surface area (TPSA) is 0 Å². The number of thioether (sulfide) groups is 3. The molecule has 0 aliphatic heterocycles. The maximum Gasteiger partial charge on any atom is 0.0336 e. The summed E-state index contributed by atoms with van der Waals surface area (Å²) in [5, 5.41) is 0.648. The predicted molar refractivity (Wildman–Crippen MR) is 90.9 cm³/mol. The molecule has 0 rings (SSSR count). The maximum absolute atomic E-state index is 2.41. The lowest BCUT2D eigenvalue weighted by Gasteiger charge is -2.45. The lowest BCUT2D eigenvalue weighted by Crippen LogP contribution is -2.46. The molecule has 0 aromatic carbocycles. The Labute approximate surface area is 122 Å². The van der Waals surface area contributed by atoms with E-state index < -0.39 is 0 Å². The molecule has 0 amide bonds. The van der Waals surface area contributed by atoms with Crippen LogP contribution in [0, 0.1) is 0 Å². The molecule has 0 heterocycles. The fourth-order valence-corrected chi connectivity index (χ4v) is 5.86. The SMILES string of the molecule is CCSC(C)(C)C(SC(C)(C)C)C(C)(C)SC. The van der Waals surface area contributed by atoms with Crippen LogP contribution in [-0.4, -0.2) is 31.5 Å². The normalized spacial score (nSPS) is 16.1. The summed E-state index contributed by atoms with van der Waals surface area (Å²) in [5.41, 5.74) is 0. The zero-order valence-electron chi connectivity index (χ0n) is 13.0. The summed E-state index contributed by atoms with van der Waals surface area (Å²) in [4.78, 5) is 0. The van der Waals surface area contributed by atoms with Gasteiger partial charge in [0.15, 0.2) is 0 Å². The minimum atomic E-state index is 0.309. The van der Waals surface area contributed by atoms with Crippen LogP contribution in [0.15, 0.2) is 0 Å². The van der Waals surface area contributed by atoms with Gasteiger partial charge in [-0.05, 0) is 39.7 Å². The molecule has 0 aliphatic rings. The summed E-state index contributed by atoms with van der Waals surface area (Å²) in [5.74, 6) is 1.19. The molecule has 0 saturated heterocycles. The first-order valence-corrected chi connectivity index (χ1v) is 9.42. The first kappa shape index (κ1) is 18.0. The van der Waals surface area contributed by atoms with Gasteiger partial charge in [-0.1, -0.05) is 27.7 Å². The Balaban J connectivity index is 5.11. The van der Waals surface area contributed by atoms with Crippen molar-refractivity contribution < 1.29 is 0 Å². The molecule has 0 aromatic heterocycles. The molecular weight excluding hydrogens is 264 g/mol. The standard InChI is InChI=1S/C14H30S3/c1-10-16-14(7,8)11(13(5,6)15-9)17-12(2,3)4/h11H,10H2,1-9H3. The van der Waals surface area contributed by atoms with Crippen molar-refractivity contribution in [3.05, 3.63) is 0 Å². The molecule has 0 saturated carbocycles. The average molecular weight is 295 g/mol. The van der Waals surface area contributed by atoms with E-state index in [0.29, 0.717) is 19.5 Å². The molecular formula is C14H30S3. The van der Waals surface area contributed by atoms with Gasteiger partial charge in [0.2, 0.25) is 0 Å². The lowest BCUT2D eigenvalue weighted by molar-refractivity contribution is 0.553. The van der Waals surface area contributed by atoms with Crippen LogP contribution in [0.4, 0.5) is 0 Å². The smallest absolute Gasteiger partial charge is 0.0336 e. The maximum atomic E-state index is 2.41. The molecule has 104 valence electrons. The third-order valence-electron chi connectivity index (χ3n) is 2.78. The summed E-state index contributed by atoms with van der Waals surface area (Å²) in [6.07, 6.45) is 2.24. The average Bonchev–Trinajstić information content (AvgIpc) is 2.12. The molecule has 1 unspecified atom stereocenters. The molecule has 17 heavy (non-hydrogen) atoms. The van der Waals surface area contributed by atoms with Gasteiger partial charge in [0.1, 0.15) is 0 Å². The Morgan fingerprint density at radius 3 is 1.65 bits per heavy atom. The summed E-state index contributed by atoms with van der Waals surface area (Å²) in [7, 11) is 0. The van der Waals surface area contributed by atoms with Crippen molar-refractivity contribution >= 4 is 35.3 Å². The van der Waals surface area contributed by atoms with E-state index in [4.69, 9.17) is 0 Å². The molecule has 0 nitrogen and oxygen atoms in total. The quantitative estimate of drug-likeness (QED) is 0.629. The van der Waals surface area contributed by atoms with Gasteiger partial charge >= 0.3 is 0 Å². The van der Waals surface area contributed by atoms with Crippen molar-refractivity contribution in [2.45, 2.75) is 74.9 Å². The summed E-state index contributed by atoms with van der Waals surface area (Å²) in [6, 6.07) is 0. The molecule has 1 atom stereocenters. The predicted octanol–water partition coefficient (Wildman–Crippen LogP) is 5.56. The second-order valence-corrected chi connectivity index (χ2v) is 11.8. The highest BCUT2D eigenvalue weighted by Crippen LogP contribution is 2.49. The summed E-state index contributed by atoms with van der Waals surface area (Å²) < 4.78 is 0.950. The van der Waals surface area contributed by atoms with E-state index in [0.717, 1.165) is 0 Å². The zero-order chi connectivity index (χ0) is 13.9. The van der Waals surface area contributed by atoms with Crippen molar-refractivity contribution in [3.63, 3.8) is 0 Å². The highest BCUT2D eigenvalue weighted by molar-refractivity contribution is 8.06. The largest absolute Gasteiger partial charge is 0.158 e. The Morgan fingerprint density at radius 2 is 1.35 bits per heavy atom. The van der Waals surface area contributed by atoms with Gasteiger partial charge in [0, 0.05) is 19.5 Å². The number of rotatable bonds is 6. The van der Waals surface area contributed by atoms with Crippen LogP contribution in [0.5, 0.6) is 0 Å². The Kier molecular flexibility index (Phi) is 6.87. The molecule has 3 heteroatoms. The zero-order valence-corrected chi connectivity index (χ0v) is 15.5. The third kappa shape index (κ3) is 6.15. The van der Waals surface area contributed by atoms with Gasteiger partial charge in [-0.25, -0.2) is 0 Å². The van der Waals surface area contributed by atoms with Gasteiger partial charge in [-0.3, -0.25) is 0 Å². The molecule has 0 bridgehead atoms. The highest BCUT2D eigenvalue weighted by atomic mass is 32.2. The summed E-state index contributed by atoms with van der Waals surface area (Å²) in [6.45, 7) is 18.8. The number of hydrogen-bond donors (Lipinski definition) is 0. The van der Waals surface area contributed by atoms with Crippen LogP contribution in [0.25, 0.3) is 0 Å². The van der Waals surface area contributed by atoms with Gasteiger partial charge in [0.25, 0.3) is 0 Å². The van der Waals surface area contributed by atoms with Gasteiger partial charge < -0.3 is 0 Å². The molecule has 0 spiro atoms. The molecule has 0 fully saturated rings. The first-order valence-electron chi connectivity index (χ1n) is 6.33. The number of hydrogen-bond acceptors (Lipinski definition) is 3. The van der Waals surface area contributed by atoms with Crippen molar-refractivity contribution in [1.82, 2.24) is 0 Å². The second kappa shape index (κ2) is 6.47. The highest BCUT2D eigenvalue weighted by Gasteiger charge is 2.42. The van der Waals surface area contributed by atoms with Gasteiger partial charge in [-0.2, -0.15) is 23.5 Å². The van der Waals surface area contributed by atoms with Gasteiger partial charge in [-0.15, -0.1) is 11.8 Å². The summed E-state index contributed by atoms with van der Waals surface area (Å²) >= 11 is 6.22.